The molecule has 4 aromatic carbocycles. The molecular weight excluding hydrogens is 867 g/mol. The van der Waals surface area contributed by atoms with E-state index in [1.807, 2.05) is 103 Å². The zero-order valence-corrected chi connectivity index (χ0v) is 40.0. The zero-order chi connectivity index (χ0) is 46.6. The molecule has 8 rings (SSSR count). The third kappa shape index (κ3) is 11.1. The number of nitrogens with zero attached hydrogens (tertiary/aromatic N) is 4. The van der Waals surface area contributed by atoms with Gasteiger partial charge in [0, 0.05) is 30.2 Å². The highest BCUT2D eigenvalue weighted by atomic mass is 32.1. The second-order valence-corrected chi connectivity index (χ2v) is 20.9. The van der Waals surface area contributed by atoms with E-state index in [4.69, 9.17) is 19.4 Å². The monoisotopic (exact) mass is 923 g/mol. The molecule has 2 saturated heterocycles. The minimum Gasteiger partial charge on any atom is -0.460 e. The number of nitrogens with one attached hydrogen (secondary N) is 1. The zero-order valence-electron chi connectivity index (χ0n) is 38.4. The summed E-state index contributed by atoms with van der Waals surface area (Å²) >= 11 is 3.16. The van der Waals surface area contributed by atoms with Crippen LogP contribution in [0.4, 0.5) is 4.79 Å². The lowest BCUT2D eigenvalue weighted by molar-refractivity contribution is -0.157. The van der Waals surface area contributed by atoms with Gasteiger partial charge >= 0.3 is 12.1 Å². The first-order chi connectivity index (χ1) is 31.6. The molecule has 0 saturated carbocycles. The van der Waals surface area contributed by atoms with Crippen LogP contribution in [0.1, 0.15) is 119 Å². The number of hydrogen-bond donors (Lipinski definition) is 1. The van der Waals surface area contributed by atoms with Gasteiger partial charge in [0.1, 0.15) is 27.3 Å². The summed E-state index contributed by atoms with van der Waals surface area (Å²) in [5.74, 6) is -1.29. The summed E-state index contributed by atoms with van der Waals surface area (Å²) in [5, 5.41) is 6.64. The van der Waals surface area contributed by atoms with Crippen LogP contribution < -0.4 is 5.32 Å². The SMILES string of the molecule is CC(C)(C)OC(=O)C[C@@H](C(=O)N1CCC[C@H]1c1ncc(-c2ccc(-c3ccc(-c4csc([C@@H]5CCCN5C(=O)[C@H](NC(=O)OC(C)(C)C)c5ccccc5)n4)cc3)cc2)s1)c1ccccc1. The van der Waals surface area contributed by atoms with Crippen LogP contribution in [-0.4, -0.2) is 67.9 Å². The maximum Gasteiger partial charge on any atom is 0.408 e. The largest absolute Gasteiger partial charge is 0.460 e. The molecule has 1 N–H and O–H groups in total. The normalized spacial score (nSPS) is 17.3. The number of thiazole rings is 2. The first kappa shape index (κ1) is 46.4. The van der Waals surface area contributed by atoms with Crippen LogP contribution in [0, 0.1) is 0 Å². The lowest BCUT2D eigenvalue weighted by atomic mass is 9.93. The molecule has 2 aliphatic heterocycles. The molecule has 11 nitrogen and oxygen atoms in total. The molecule has 2 aromatic heterocycles. The molecule has 2 fully saturated rings. The number of esters is 1. The number of amides is 3. The lowest BCUT2D eigenvalue weighted by Gasteiger charge is -2.29. The van der Waals surface area contributed by atoms with Gasteiger partial charge < -0.3 is 24.6 Å². The van der Waals surface area contributed by atoms with Crippen molar-refractivity contribution in [1.29, 1.82) is 0 Å². The molecular formula is C53H57N5O6S2. The Bertz CT molecular complexity index is 2450. The van der Waals surface area contributed by atoms with Crippen molar-refractivity contribution in [2.24, 2.45) is 0 Å². The Morgan fingerprint density at radius 2 is 1.20 bits per heavy atom. The fraction of sp³-hybridized carbons (Fsp3) is 0.358. The van der Waals surface area contributed by atoms with Gasteiger partial charge in [0.15, 0.2) is 0 Å². The third-order valence-corrected chi connectivity index (χ3v) is 13.8. The van der Waals surface area contributed by atoms with Crippen LogP contribution in [-0.2, 0) is 23.9 Å². The van der Waals surface area contributed by atoms with Gasteiger partial charge in [0.05, 0.1) is 35.0 Å². The van der Waals surface area contributed by atoms with E-state index in [1.165, 1.54) is 0 Å². The molecule has 0 radical (unpaired) electrons. The van der Waals surface area contributed by atoms with Crippen molar-refractivity contribution in [3.05, 3.63) is 142 Å². The predicted octanol–water partition coefficient (Wildman–Crippen LogP) is 11.7. The fourth-order valence-corrected chi connectivity index (χ4v) is 10.7. The summed E-state index contributed by atoms with van der Waals surface area (Å²) in [6.45, 7) is 12.1. The molecule has 13 heteroatoms. The van der Waals surface area contributed by atoms with Gasteiger partial charge in [0.25, 0.3) is 5.91 Å². The van der Waals surface area contributed by atoms with Crippen molar-refractivity contribution in [1.82, 2.24) is 25.1 Å². The summed E-state index contributed by atoms with van der Waals surface area (Å²) in [6, 6.07) is 34.4. The number of ether oxygens (including phenoxy) is 2. The number of carbonyl (C=O) groups excluding carboxylic acids is 4. The number of hydrogen-bond acceptors (Lipinski definition) is 10. The quantitative estimate of drug-likeness (QED) is 0.120. The summed E-state index contributed by atoms with van der Waals surface area (Å²) < 4.78 is 11.2. The van der Waals surface area contributed by atoms with Gasteiger partial charge in [-0.1, -0.05) is 109 Å². The van der Waals surface area contributed by atoms with E-state index in [-0.39, 0.29) is 30.3 Å². The highest BCUT2D eigenvalue weighted by Gasteiger charge is 2.39. The van der Waals surface area contributed by atoms with E-state index in [0.29, 0.717) is 18.7 Å². The second-order valence-electron chi connectivity index (χ2n) is 18.9. The Labute approximate surface area is 395 Å². The first-order valence-corrected chi connectivity index (χ1v) is 24.3. The van der Waals surface area contributed by atoms with Crippen molar-refractivity contribution >= 4 is 46.6 Å². The van der Waals surface area contributed by atoms with Gasteiger partial charge in [-0.15, -0.1) is 22.7 Å². The average molecular weight is 924 g/mol. The average Bonchev–Trinajstić information content (AvgIpc) is 4.14. The van der Waals surface area contributed by atoms with Crippen LogP contribution in [0.3, 0.4) is 0 Å². The molecule has 0 unspecified atom stereocenters. The van der Waals surface area contributed by atoms with E-state index in [0.717, 1.165) is 74.1 Å². The van der Waals surface area contributed by atoms with Crippen molar-refractivity contribution < 1.29 is 28.7 Å². The van der Waals surface area contributed by atoms with E-state index in [2.05, 4.69) is 53.8 Å². The van der Waals surface area contributed by atoms with Crippen molar-refractivity contribution in [2.45, 2.75) is 109 Å². The predicted molar refractivity (Wildman–Crippen MR) is 260 cm³/mol. The molecule has 0 spiro atoms. The smallest absolute Gasteiger partial charge is 0.408 e. The second kappa shape index (κ2) is 19.7. The lowest BCUT2D eigenvalue weighted by Crippen LogP contribution is -2.44. The summed E-state index contributed by atoms with van der Waals surface area (Å²) in [6.07, 6.45) is 4.54. The number of aromatic nitrogens is 2. The molecule has 66 heavy (non-hydrogen) atoms. The number of likely N-dealkylation sites (tertiary alicyclic amines) is 2. The van der Waals surface area contributed by atoms with Gasteiger partial charge in [-0.05, 0) is 95.0 Å². The van der Waals surface area contributed by atoms with Crippen LogP contribution in [0.2, 0.25) is 0 Å². The minimum atomic E-state index is -0.889. The number of alkyl carbamates (subject to hydrolysis) is 1. The minimum absolute atomic E-state index is 0.0226. The summed E-state index contributed by atoms with van der Waals surface area (Å²) in [5.41, 5.74) is 5.18. The maximum atomic E-state index is 14.3. The summed E-state index contributed by atoms with van der Waals surface area (Å²) in [4.78, 5) is 69.0. The molecule has 6 aromatic rings. The van der Waals surface area contributed by atoms with E-state index in [1.54, 1.807) is 43.4 Å². The molecule has 342 valence electrons. The van der Waals surface area contributed by atoms with Crippen LogP contribution in [0.5, 0.6) is 0 Å². The first-order valence-electron chi connectivity index (χ1n) is 22.6. The molecule has 4 heterocycles. The van der Waals surface area contributed by atoms with Crippen molar-refractivity contribution in [3.63, 3.8) is 0 Å². The van der Waals surface area contributed by atoms with Crippen LogP contribution in [0.25, 0.3) is 32.8 Å². The number of benzene rings is 4. The third-order valence-electron chi connectivity index (χ3n) is 11.7. The van der Waals surface area contributed by atoms with Gasteiger partial charge in [-0.25, -0.2) is 14.8 Å². The topological polar surface area (TPSA) is 131 Å². The van der Waals surface area contributed by atoms with Gasteiger partial charge in [0.2, 0.25) is 5.91 Å². The van der Waals surface area contributed by atoms with Crippen molar-refractivity contribution in [2.75, 3.05) is 13.1 Å². The Balaban J connectivity index is 0.922. The van der Waals surface area contributed by atoms with Crippen molar-refractivity contribution in [3.8, 4) is 32.8 Å². The highest BCUT2D eigenvalue weighted by molar-refractivity contribution is 7.15. The van der Waals surface area contributed by atoms with Gasteiger partial charge in [-0.2, -0.15) is 0 Å². The fourth-order valence-electron chi connectivity index (χ4n) is 8.69. The summed E-state index contributed by atoms with van der Waals surface area (Å²) in [7, 11) is 0. The highest BCUT2D eigenvalue weighted by Crippen LogP contribution is 2.41. The molecule has 2 aliphatic rings. The van der Waals surface area contributed by atoms with Crippen LogP contribution >= 0.6 is 22.7 Å². The van der Waals surface area contributed by atoms with E-state index >= 15 is 0 Å². The molecule has 3 amide bonds. The maximum absolute atomic E-state index is 14.3. The molecule has 4 atom stereocenters. The van der Waals surface area contributed by atoms with Crippen LogP contribution in [0.15, 0.2) is 121 Å². The standard InChI is InChI=1S/C53H57N5O6S2/c1-52(2,3)63-45(59)31-40(36-15-9-7-10-16-36)49(60)57-29-13-19-42(57)47-54-32-44(66-47)38-27-23-35(24-28-38)34-21-25-37(26-22-34)41-33-65-48(55-41)43-20-14-30-58(43)50(61)46(39-17-11-8-12-18-39)56-51(62)64-53(4,5)6/h7-12,15-18,21-28,32-33,40,42-43,46H,13-14,19-20,29-31H2,1-6H3,(H,56,62)/t40-,42+,43+,46-/m1/s1. The Morgan fingerprint density at radius 3 is 1.79 bits per heavy atom. The number of carbonyl (C=O) groups is 4. The van der Waals surface area contributed by atoms with E-state index < -0.39 is 35.2 Å². The Kier molecular flexibility index (Phi) is 13.9. The van der Waals surface area contributed by atoms with Gasteiger partial charge in [-0.3, -0.25) is 14.4 Å². The number of rotatable bonds is 12. The molecule has 0 bridgehead atoms. The Morgan fingerprint density at radius 1 is 0.667 bits per heavy atom. The Hall–Kier alpha value is -6.18. The van der Waals surface area contributed by atoms with E-state index in [9.17, 15) is 19.2 Å². The molecule has 0 aliphatic carbocycles.